The van der Waals surface area contributed by atoms with E-state index >= 15 is 0 Å². The Labute approximate surface area is 248 Å². The Hall–Kier alpha value is -3.33. The Kier molecular flexibility index (Phi) is 9.09. The summed E-state index contributed by atoms with van der Waals surface area (Å²) in [6.07, 6.45) is 1.13. The predicted octanol–water partition coefficient (Wildman–Crippen LogP) is 6.49. The first-order valence-corrected chi connectivity index (χ1v) is 14.9. The van der Waals surface area contributed by atoms with Gasteiger partial charge in [-0.1, -0.05) is 71.4 Å². The highest BCUT2D eigenvalue weighted by molar-refractivity contribution is 7.99. The van der Waals surface area contributed by atoms with E-state index < -0.39 is 0 Å². The fraction of sp³-hybridized carbons (Fsp3) is 0.267. The van der Waals surface area contributed by atoms with Gasteiger partial charge in [-0.25, -0.2) is 0 Å². The number of hydrogen-bond donors (Lipinski definition) is 0. The number of carbonyl (C=O) groups excluding carboxylic acids is 2. The first-order chi connectivity index (χ1) is 19.4. The standard InChI is InChI=1S/C30H29Cl2N5O2S/c1-21-20-35(16-17-36(21)29(39)22-9-7-10-23(31)19-22)27(38)15-8-18-40-30-34-33-28(25-13-5-6-14-26(25)32)37(30)24-11-3-2-4-12-24/h2-7,9-14,19,21H,8,15-18,20H2,1H3. The summed E-state index contributed by atoms with van der Waals surface area (Å²) in [4.78, 5) is 29.7. The summed E-state index contributed by atoms with van der Waals surface area (Å²) >= 11 is 14.1. The molecule has 206 valence electrons. The Bertz CT molecular complexity index is 1500. The largest absolute Gasteiger partial charge is 0.339 e. The summed E-state index contributed by atoms with van der Waals surface area (Å²) < 4.78 is 2.01. The summed E-state index contributed by atoms with van der Waals surface area (Å²) in [7, 11) is 0. The first-order valence-electron chi connectivity index (χ1n) is 13.1. The molecule has 5 rings (SSSR count). The number of piperazine rings is 1. The van der Waals surface area contributed by atoms with E-state index in [-0.39, 0.29) is 17.9 Å². The Balaban J connectivity index is 1.18. The molecule has 1 atom stereocenters. The summed E-state index contributed by atoms with van der Waals surface area (Å²) in [5, 5.41) is 10.8. The normalized spacial score (nSPS) is 15.3. The highest BCUT2D eigenvalue weighted by Gasteiger charge is 2.30. The quantitative estimate of drug-likeness (QED) is 0.172. The minimum Gasteiger partial charge on any atom is -0.339 e. The molecule has 1 aliphatic heterocycles. The minimum atomic E-state index is -0.0776. The zero-order valence-corrected chi connectivity index (χ0v) is 24.4. The maximum atomic E-state index is 13.0. The highest BCUT2D eigenvalue weighted by Crippen LogP contribution is 2.32. The number of para-hydroxylation sites is 1. The third-order valence-corrected chi connectivity index (χ3v) is 8.42. The third kappa shape index (κ3) is 6.35. The lowest BCUT2D eigenvalue weighted by Crippen LogP contribution is -2.55. The van der Waals surface area contributed by atoms with E-state index in [2.05, 4.69) is 10.2 Å². The van der Waals surface area contributed by atoms with Crippen LogP contribution in [0.25, 0.3) is 17.1 Å². The van der Waals surface area contributed by atoms with Crippen LogP contribution in [0.5, 0.6) is 0 Å². The Morgan fingerprint density at radius 2 is 1.73 bits per heavy atom. The Morgan fingerprint density at radius 3 is 2.48 bits per heavy atom. The molecular formula is C30H29Cl2N5O2S. The molecule has 2 amide bonds. The number of nitrogens with zero attached hydrogens (tertiary/aromatic N) is 5. The van der Waals surface area contributed by atoms with Crippen molar-refractivity contribution < 1.29 is 9.59 Å². The number of aromatic nitrogens is 3. The van der Waals surface area contributed by atoms with Gasteiger partial charge in [-0.2, -0.15) is 0 Å². The van der Waals surface area contributed by atoms with Crippen LogP contribution in [-0.4, -0.2) is 67.8 Å². The van der Waals surface area contributed by atoms with Crippen molar-refractivity contribution >= 4 is 46.8 Å². The number of thioether (sulfide) groups is 1. The number of amides is 2. The molecule has 0 spiro atoms. The maximum Gasteiger partial charge on any atom is 0.254 e. The van der Waals surface area contributed by atoms with E-state index in [1.165, 1.54) is 0 Å². The van der Waals surface area contributed by atoms with Gasteiger partial charge in [-0.05, 0) is 55.8 Å². The van der Waals surface area contributed by atoms with E-state index in [1.807, 2.05) is 75.9 Å². The third-order valence-electron chi connectivity index (χ3n) is 6.84. The van der Waals surface area contributed by atoms with Crippen molar-refractivity contribution in [1.29, 1.82) is 0 Å². The number of benzene rings is 3. The first kappa shape index (κ1) is 28.2. The molecule has 1 aliphatic rings. The van der Waals surface area contributed by atoms with E-state index in [0.29, 0.717) is 59.7 Å². The van der Waals surface area contributed by atoms with Gasteiger partial charge in [0.25, 0.3) is 5.91 Å². The van der Waals surface area contributed by atoms with Crippen LogP contribution in [0, 0.1) is 0 Å². The highest BCUT2D eigenvalue weighted by atomic mass is 35.5. The average Bonchev–Trinajstić information content (AvgIpc) is 3.39. The molecule has 0 N–H and O–H groups in total. The van der Waals surface area contributed by atoms with Crippen LogP contribution in [0.15, 0.2) is 84.0 Å². The van der Waals surface area contributed by atoms with Gasteiger partial charge >= 0.3 is 0 Å². The fourth-order valence-electron chi connectivity index (χ4n) is 4.81. The molecule has 7 nitrogen and oxygen atoms in total. The second-order valence-electron chi connectivity index (χ2n) is 9.61. The van der Waals surface area contributed by atoms with Crippen LogP contribution in [0.4, 0.5) is 0 Å². The van der Waals surface area contributed by atoms with Crippen molar-refractivity contribution in [2.75, 3.05) is 25.4 Å². The summed E-state index contributed by atoms with van der Waals surface area (Å²) in [5.74, 6) is 1.43. The lowest BCUT2D eigenvalue weighted by Gasteiger charge is -2.40. The van der Waals surface area contributed by atoms with E-state index in [4.69, 9.17) is 23.2 Å². The number of carbonyl (C=O) groups is 2. The second kappa shape index (κ2) is 12.9. The van der Waals surface area contributed by atoms with Gasteiger partial charge in [-0.15, -0.1) is 10.2 Å². The van der Waals surface area contributed by atoms with Gasteiger partial charge in [0, 0.05) is 59.7 Å². The molecule has 3 aromatic carbocycles. The average molecular weight is 595 g/mol. The van der Waals surface area contributed by atoms with Crippen molar-refractivity contribution in [2.24, 2.45) is 0 Å². The lowest BCUT2D eigenvalue weighted by atomic mass is 10.1. The molecule has 10 heteroatoms. The Morgan fingerprint density at radius 1 is 0.950 bits per heavy atom. The summed E-state index contributed by atoms with van der Waals surface area (Å²) in [5.41, 5.74) is 2.32. The van der Waals surface area contributed by atoms with Crippen molar-refractivity contribution in [2.45, 2.75) is 31.0 Å². The molecule has 2 heterocycles. The van der Waals surface area contributed by atoms with Crippen LogP contribution in [0.3, 0.4) is 0 Å². The lowest BCUT2D eigenvalue weighted by molar-refractivity contribution is -0.133. The molecule has 0 radical (unpaired) electrons. The molecule has 1 saturated heterocycles. The molecular weight excluding hydrogens is 565 g/mol. The molecule has 1 aromatic heterocycles. The van der Waals surface area contributed by atoms with Gasteiger partial charge in [0.05, 0.1) is 5.02 Å². The van der Waals surface area contributed by atoms with Crippen molar-refractivity contribution in [3.63, 3.8) is 0 Å². The van der Waals surface area contributed by atoms with E-state index in [9.17, 15) is 9.59 Å². The van der Waals surface area contributed by atoms with Crippen molar-refractivity contribution in [3.8, 4) is 17.1 Å². The van der Waals surface area contributed by atoms with Gasteiger partial charge in [0.1, 0.15) is 0 Å². The monoisotopic (exact) mass is 593 g/mol. The summed E-state index contributed by atoms with van der Waals surface area (Å²) in [6, 6.07) is 24.4. The predicted molar refractivity (Wildman–Crippen MR) is 160 cm³/mol. The fourth-order valence-corrected chi connectivity index (χ4v) is 6.11. The topological polar surface area (TPSA) is 71.3 Å². The van der Waals surface area contributed by atoms with Crippen LogP contribution >= 0.6 is 35.0 Å². The van der Waals surface area contributed by atoms with E-state index in [1.54, 1.807) is 36.0 Å². The molecule has 4 aromatic rings. The molecule has 1 unspecified atom stereocenters. The van der Waals surface area contributed by atoms with Gasteiger partial charge in [0.15, 0.2) is 11.0 Å². The summed E-state index contributed by atoms with van der Waals surface area (Å²) in [6.45, 7) is 3.51. The second-order valence-corrected chi connectivity index (χ2v) is 11.5. The van der Waals surface area contributed by atoms with Crippen LogP contribution < -0.4 is 0 Å². The van der Waals surface area contributed by atoms with Gasteiger partial charge < -0.3 is 9.80 Å². The smallest absolute Gasteiger partial charge is 0.254 e. The van der Waals surface area contributed by atoms with Crippen LogP contribution in [-0.2, 0) is 4.79 Å². The van der Waals surface area contributed by atoms with Crippen LogP contribution in [0.1, 0.15) is 30.1 Å². The molecule has 0 saturated carbocycles. The van der Waals surface area contributed by atoms with Gasteiger partial charge in [0.2, 0.25) is 5.91 Å². The molecule has 0 aliphatic carbocycles. The van der Waals surface area contributed by atoms with Crippen molar-refractivity contribution in [3.05, 3.63) is 94.5 Å². The van der Waals surface area contributed by atoms with Crippen molar-refractivity contribution in [1.82, 2.24) is 24.6 Å². The molecule has 40 heavy (non-hydrogen) atoms. The number of hydrogen-bond acceptors (Lipinski definition) is 5. The zero-order valence-electron chi connectivity index (χ0n) is 22.0. The molecule has 1 fully saturated rings. The SMILES string of the molecule is CC1CN(C(=O)CCCSc2nnc(-c3ccccc3Cl)n2-c2ccccc2)CCN1C(=O)c1cccc(Cl)c1. The number of rotatable bonds is 8. The van der Waals surface area contributed by atoms with Crippen LogP contribution in [0.2, 0.25) is 10.0 Å². The number of halogens is 2. The minimum absolute atomic E-state index is 0.0582. The van der Waals surface area contributed by atoms with E-state index in [0.717, 1.165) is 16.4 Å². The maximum absolute atomic E-state index is 13.0. The molecule has 0 bridgehead atoms. The van der Waals surface area contributed by atoms with Gasteiger partial charge in [-0.3, -0.25) is 14.2 Å². The zero-order chi connectivity index (χ0) is 28.1.